The third kappa shape index (κ3) is 3.12. The van der Waals surface area contributed by atoms with Crippen LogP contribution in [-0.4, -0.2) is 26.6 Å². The predicted molar refractivity (Wildman–Crippen MR) is 75.4 cm³/mol. The second kappa shape index (κ2) is 5.56. The van der Waals surface area contributed by atoms with Gasteiger partial charge in [-0.3, -0.25) is 14.7 Å². The van der Waals surface area contributed by atoms with Crippen molar-refractivity contribution in [3.8, 4) is 0 Å². The predicted octanol–water partition coefficient (Wildman–Crippen LogP) is 1.72. The van der Waals surface area contributed by atoms with Crippen molar-refractivity contribution in [2.75, 3.05) is 6.26 Å². The summed E-state index contributed by atoms with van der Waals surface area (Å²) in [5.74, 6) is -0.860. The molecule has 0 saturated heterocycles. The number of aromatic nitrogens is 2. The lowest BCUT2D eigenvalue weighted by molar-refractivity contribution is 0.100. The number of halogens is 1. The number of carbonyl (C=O) groups excluding carboxylic acids is 1. The van der Waals surface area contributed by atoms with Crippen molar-refractivity contribution in [2.45, 2.75) is 4.90 Å². The van der Waals surface area contributed by atoms with Crippen LogP contribution in [0.1, 0.15) is 10.4 Å². The molecule has 1 aromatic heterocycles. The molecule has 0 radical (unpaired) electrons. The van der Waals surface area contributed by atoms with Gasteiger partial charge in [-0.15, -0.1) is 0 Å². The van der Waals surface area contributed by atoms with Crippen molar-refractivity contribution in [1.82, 2.24) is 10.2 Å². The molecule has 0 spiro atoms. The Kier molecular flexibility index (Phi) is 4.01. The number of nitrogens with one attached hydrogen (secondary N) is 1. The van der Waals surface area contributed by atoms with Gasteiger partial charge < -0.3 is 0 Å². The van der Waals surface area contributed by atoms with Crippen LogP contribution < -0.4 is 5.43 Å². The van der Waals surface area contributed by atoms with E-state index in [9.17, 15) is 13.8 Å². The maximum Gasteiger partial charge on any atom is 0.290 e. The average Bonchev–Trinajstić information content (AvgIpc) is 2.38. The Balaban J connectivity index is 2.49. The Morgan fingerprint density at radius 3 is 2.85 bits per heavy atom. The monoisotopic (exact) mass is 311 g/mol. The fourth-order valence-electron chi connectivity index (χ4n) is 1.47. The van der Waals surface area contributed by atoms with E-state index in [1.807, 2.05) is 0 Å². The van der Waals surface area contributed by atoms with E-state index in [1.54, 1.807) is 18.2 Å². The van der Waals surface area contributed by atoms with Gasteiger partial charge in [-0.2, -0.15) is 9.46 Å². The summed E-state index contributed by atoms with van der Waals surface area (Å²) in [4.78, 5) is 23.7. The van der Waals surface area contributed by atoms with Gasteiger partial charge >= 0.3 is 0 Å². The number of rotatable bonds is 2. The lowest BCUT2D eigenvalue weighted by atomic mass is 10.3. The topological polar surface area (TPSA) is 92.2 Å². The summed E-state index contributed by atoms with van der Waals surface area (Å²) < 4.78 is 16.1. The third-order valence-electron chi connectivity index (χ3n) is 2.45. The number of hydrogen-bond donors (Lipinski definition) is 1. The molecular weight excluding hydrogens is 302 g/mol. The molecule has 0 bridgehead atoms. The summed E-state index contributed by atoms with van der Waals surface area (Å²) in [6.45, 7) is 0. The fourth-order valence-corrected chi connectivity index (χ4v) is 2.92. The maximum atomic E-state index is 12.5. The van der Waals surface area contributed by atoms with Crippen LogP contribution in [0.5, 0.6) is 0 Å². The van der Waals surface area contributed by atoms with Gasteiger partial charge in [0.2, 0.25) is 5.43 Å². The molecule has 0 saturated carbocycles. The summed E-state index contributed by atoms with van der Waals surface area (Å²) in [5, 5.41) is 6.24. The number of H-pyrrole nitrogens is 1. The van der Waals surface area contributed by atoms with Crippen LogP contribution in [-0.2, 0) is 9.73 Å². The molecule has 1 unspecified atom stereocenters. The highest BCUT2D eigenvalue weighted by atomic mass is 35.5. The minimum Gasteiger partial charge on any atom is -0.287 e. The van der Waals surface area contributed by atoms with E-state index in [4.69, 9.17) is 11.6 Å². The summed E-state index contributed by atoms with van der Waals surface area (Å²) >= 11 is 5.81. The van der Waals surface area contributed by atoms with Crippen LogP contribution in [0, 0.1) is 0 Å². The first-order chi connectivity index (χ1) is 9.40. The Bertz CT molecular complexity index is 838. The van der Waals surface area contributed by atoms with Crippen molar-refractivity contribution >= 4 is 27.2 Å². The Morgan fingerprint density at radius 2 is 2.20 bits per heavy atom. The van der Waals surface area contributed by atoms with Gasteiger partial charge in [-0.05, 0) is 18.2 Å². The van der Waals surface area contributed by atoms with Crippen molar-refractivity contribution in [1.29, 1.82) is 0 Å². The molecule has 0 aliphatic carbocycles. The number of hydrogen-bond acceptors (Lipinski definition) is 4. The van der Waals surface area contributed by atoms with Gasteiger partial charge in [0, 0.05) is 22.4 Å². The second-order valence-electron chi connectivity index (χ2n) is 3.97. The minimum atomic E-state index is -2.98. The summed E-state index contributed by atoms with van der Waals surface area (Å²) in [7, 11) is -2.98. The summed E-state index contributed by atoms with van der Waals surface area (Å²) in [6.07, 6.45) is 3.40. The van der Waals surface area contributed by atoms with Crippen LogP contribution >= 0.6 is 11.6 Å². The lowest BCUT2D eigenvalue weighted by Crippen LogP contribution is -2.15. The average molecular weight is 312 g/mol. The zero-order chi connectivity index (χ0) is 14.8. The van der Waals surface area contributed by atoms with Gasteiger partial charge in [-0.25, -0.2) is 4.21 Å². The normalized spacial score (nSPS) is 13.5. The van der Waals surface area contributed by atoms with Gasteiger partial charge in [-0.1, -0.05) is 17.7 Å². The molecule has 1 heterocycles. The van der Waals surface area contributed by atoms with Gasteiger partial charge in [0.1, 0.15) is 5.56 Å². The molecule has 8 heteroatoms. The molecule has 104 valence electrons. The number of carbonyl (C=O) groups is 1. The lowest BCUT2D eigenvalue weighted by Gasteiger charge is -2.04. The number of benzene rings is 1. The van der Waals surface area contributed by atoms with Crippen LogP contribution in [0.2, 0.25) is 5.02 Å². The molecule has 2 aromatic rings. The van der Waals surface area contributed by atoms with E-state index < -0.39 is 21.1 Å². The van der Waals surface area contributed by atoms with Crippen LogP contribution in [0.25, 0.3) is 0 Å². The van der Waals surface area contributed by atoms with Crippen LogP contribution in [0.3, 0.4) is 0 Å². The molecule has 0 fully saturated rings. The van der Waals surface area contributed by atoms with Crippen molar-refractivity contribution < 1.29 is 9.00 Å². The first kappa shape index (κ1) is 14.4. The quantitative estimate of drug-likeness (QED) is 0.914. The zero-order valence-electron chi connectivity index (χ0n) is 10.4. The van der Waals surface area contributed by atoms with Gasteiger partial charge in [0.15, 0.2) is 0 Å². The van der Waals surface area contributed by atoms with E-state index in [1.165, 1.54) is 12.3 Å². The van der Waals surface area contributed by atoms with E-state index in [0.717, 1.165) is 12.4 Å². The molecule has 0 aliphatic heterocycles. The number of nitrogens with zero attached hydrogens (tertiary/aromatic N) is 2. The van der Waals surface area contributed by atoms with E-state index in [0.29, 0.717) is 9.92 Å². The Morgan fingerprint density at radius 1 is 1.45 bits per heavy atom. The molecular formula is C12H10ClN3O3S. The maximum absolute atomic E-state index is 12.5. The first-order valence-electron chi connectivity index (χ1n) is 5.45. The smallest absolute Gasteiger partial charge is 0.287 e. The first-order valence-corrected chi connectivity index (χ1v) is 7.75. The third-order valence-corrected chi connectivity index (χ3v) is 4.33. The number of aromatic amines is 1. The largest absolute Gasteiger partial charge is 0.290 e. The molecule has 20 heavy (non-hydrogen) atoms. The Labute approximate surface area is 120 Å². The molecule has 1 N–H and O–H groups in total. The number of amides is 1. The van der Waals surface area contributed by atoms with Gasteiger partial charge in [0.05, 0.1) is 15.9 Å². The fraction of sp³-hybridized carbons (Fsp3) is 0.0833. The Hall–Kier alpha value is -1.99. The minimum absolute atomic E-state index is 0.211. The van der Waals surface area contributed by atoms with Crippen LogP contribution in [0.15, 0.2) is 50.7 Å². The van der Waals surface area contributed by atoms with E-state index >= 15 is 0 Å². The van der Waals surface area contributed by atoms with Crippen molar-refractivity contribution in [3.05, 3.63) is 57.5 Å². The molecule has 1 aromatic carbocycles. The zero-order valence-corrected chi connectivity index (χ0v) is 11.9. The highest BCUT2D eigenvalue weighted by molar-refractivity contribution is 7.93. The molecule has 2 rings (SSSR count). The van der Waals surface area contributed by atoms with Crippen LogP contribution in [0.4, 0.5) is 0 Å². The molecule has 1 amide bonds. The molecule has 0 aliphatic rings. The summed E-state index contributed by atoms with van der Waals surface area (Å²) in [5.41, 5.74) is -0.796. The summed E-state index contributed by atoms with van der Waals surface area (Å²) in [6, 6.07) is 6.26. The second-order valence-corrected chi connectivity index (χ2v) is 6.66. The van der Waals surface area contributed by atoms with Crippen molar-refractivity contribution in [3.63, 3.8) is 0 Å². The molecule has 1 atom stereocenters. The molecule has 6 nitrogen and oxygen atoms in total. The van der Waals surface area contributed by atoms with E-state index in [2.05, 4.69) is 14.6 Å². The highest BCUT2D eigenvalue weighted by Crippen LogP contribution is 2.17. The highest BCUT2D eigenvalue weighted by Gasteiger charge is 2.14. The van der Waals surface area contributed by atoms with Gasteiger partial charge in [0.25, 0.3) is 5.91 Å². The van der Waals surface area contributed by atoms with Crippen molar-refractivity contribution in [2.24, 2.45) is 4.36 Å². The van der Waals surface area contributed by atoms with E-state index in [-0.39, 0.29) is 5.56 Å². The standard InChI is InChI=1S/C12H10ClN3O3S/c1-20(19,9-4-2-3-8(13)5-9)16-12(18)10-6-14-15-7-11(10)17/h2-7H,1H3,(H,14,17). The SMILES string of the molecule is CS(=O)(=NC(=O)c1c[nH]ncc1=O)c1cccc(Cl)c1.